The first-order chi connectivity index (χ1) is 8.97. The number of hydrogen-bond acceptors (Lipinski definition) is 2. The Kier molecular flexibility index (Phi) is 3.05. The molecule has 0 aromatic heterocycles. The summed E-state index contributed by atoms with van der Waals surface area (Å²) >= 11 is 1.05. The van der Waals surface area contributed by atoms with Gasteiger partial charge in [0.2, 0.25) is 0 Å². The number of hydrogen-bond donors (Lipinski definition) is 0. The molecule has 0 radical (unpaired) electrons. The van der Waals surface area contributed by atoms with Crippen molar-refractivity contribution < 1.29 is 21.8 Å². The molecule has 7 heteroatoms. The van der Waals surface area contributed by atoms with Gasteiger partial charge in [0.1, 0.15) is 0 Å². The van der Waals surface area contributed by atoms with Crippen molar-refractivity contribution in [3.8, 4) is 0 Å². The van der Waals surface area contributed by atoms with Gasteiger partial charge in [-0.2, -0.15) is 0 Å². The lowest BCUT2D eigenvalue weighted by atomic mass is 10.1. The van der Waals surface area contributed by atoms with E-state index in [2.05, 4.69) is 0 Å². The summed E-state index contributed by atoms with van der Waals surface area (Å²) in [5.74, 6) is -4.24. The maximum absolute atomic E-state index is 13.2. The standard InChI is InChI=1S/C12H6F4OS2/c13-5-1-9-11(3-7(5)15)19(17)12-4-8(16)6(14)2-10(12)18-9/h1-4,9,11H. The lowest BCUT2D eigenvalue weighted by Crippen LogP contribution is -2.31. The molecule has 0 amide bonds. The molecule has 1 aliphatic heterocycles. The zero-order valence-corrected chi connectivity index (χ0v) is 10.8. The Hall–Kier alpha value is -1.08. The first kappa shape index (κ1) is 12.9. The molecule has 0 saturated carbocycles. The van der Waals surface area contributed by atoms with Crippen molar-refractivity contribution in [2.45, 2.75) is 20.3 Å². The summed E-state index contributed by atoms with van der Waals surface area (Å²) < 4.78 is 64.9. The van der Waals surface area contributed by atoms with Crippen LogP contribution in [0.5, 0.6) is 0 Å². The third-order valence-electron chi connectivity index (χ3n) is 2.89. The normalized spacial score (nSPS) is 29.2. The van der Waals surface area contributed by atoms with Gasteiger partial charge in [0, 0.05) is 10.1 Å². The Balaban J connectivity index is 2.12. The summed E-state index contributed by atoms with van der Waals surface area (Å²) in [6.07, 6.45) is 1.96. The van der Waals surface area contributed by atoms with E-state index in [1.54, 1.807) is 0 Å². The van der Waals surface area contributed by atoms with E-state index in [0.717, 1.165) is 36.0 Å². The third kappa shape index (κ3) is 2.04. The highest BCUT2D eigenvalue weighted by atomic mass is 32.2. The van der Waals surface area contributed by atoms with Crippen LogP contribution in [0.2, 0.25) is 0 Å². The average molecular weight is 306 g/mol. The SMILES string of the molecule is O=S1c2cc(F)c(F)cc2SC2C=C(F)C(F)=CC21. The summed E-state index contributed by atoms with van der Waals surface area (Å²) in [6, 6.07) is 1.79. The molecule has 0 fully saturated rings. The largest absolute Gasteiger partial charge is 0.254 e. The van der Waals surface area contributed by atoms with Crippen molar-refractivity contribution in [2.24, 2.45) is 0 Å². The molecule has 1 nitrogen and oxygen atoms in total. The minimum atomic E-state index is -1.74. The monoisotopic (exact) mass is 306 g/mol. The van der Waals surface area contributed by atoms with Crippen molar-refractivity contribution >= 4 is 22.6 Å². The summed E-state index contributed by atoms with van der Waals surface area (Å²) in [6.45, 7) is 0. The van der Waals surface area contributed by atoms with E-state index in [1.165, 1.54) is 0 Å². The van der Waals surface area contributed by atoms with Crippen LogP contribution in [-0.4, -0.2) is 14.7 Å². The second-order valence-corrected chi connectivity index (χ2v) is 6.89. The molecular weight excluding hydrogens is 300 g/mol. The van der Waals surface area contributed by atoms with Gasteiger partial charge in [-0.15, -0.1) is 11.8 Å². The van der Waals surface area contributed by atoms with Crippen molar-refractivity contribution in [1.29, 1.82) is 0 Å². The fourth-order valence-corrected chi connectivity index (χ4v) is 5.21. The van der Waals surface area contributed by atoms with Gasteiger partial charge in [0.15, 0.2) is 23.3 Å². The number of halogens is 4. The molecule has 2 aliphatic rings. The summed E-state index contributed by atoms with van der Waals surface area (Å²) in [7, 11) is -1.74. The van der Waals surface area contributed by atoms with Crippen LogP contribution in [0.25, 0.3) is 0 Å². The second kappa shape index (κ2) is 4.49. The fourth-order valence-electron chi connectivity index (χ4n) is 1.97. The molecule has 0 saturated heterocycles. The Morgan fingerprint density at radius 2 is 1.63 bits per heavy atom. The van der Waals surface area contributed by atoms with Crippen LogP contribution in [0, 0.1) is 11.6 Å². The van der Waals surface area contributed by atoms with Crippen LogP contribution in [0.3, 0.4) is 0 Å². The van der Waals surface area contributed by atoms with Crippen LogP contribution < -0.4 is 0 Å². The molecule has 0 bridgehead atoms. The van der Waals surface area contributed by atoms with Gasteiger partial charge in [0.25, 0.3) is 0 Å². The van der Waals surface area contributed by atoms with Gasteiger partial charge in [-0.25, -0.2) is 17.6 Å². The highest BCUT2D eigenvalue weighted by molar-refractivity contribution is 8.02. The molecule has 3 rings (SSSR count). The number of fused-ring (bicyclic) bond motifs is 2. The minimum Gasteiger partial charge on any atom is -0.254 e. The molecule has 3 unspecified atom stereocenters. The number of benzene rings is 1. The van der Waals surface area contributed by atoms with E-state index in [9.17, 15) is 21.8 Å². The molecule has 0 N–H and O–H groups in total. The minimum absolute atomic E-state index is 0.116. The van der Waals surface area contributed by atoms with Crippen molar-refractivity contribution in [2.75, 3.05) is 0 Å². The Labute approximate surface area is 112 Å². The zero-order chi connectivity index (χ0) is 13.7. The number of allylic oxidation sites excluding steroid dienone is 2. The number of thioether (sulfide) groups is 1. The van der Waals surface area contributed by atoms with Crippen molar-refractivity contribution in [3.05, 3.63) is 47.6 Å². The highest BCUT2D eigenvalue weighted by Crippen LogP contribution is 2.44. The van der Waals surface area contributed by atoms with Gasteiger partial charge in [-0.1, -0.05) is 0 Å². The van der Waals surface area contributed by atoms with Gasteiger partial charge in [0.05, 0.1) is 20.9 Å². The first-order valence-corrected chi connectivity index (χ1v) is 7.38. The molecule has 0 spiro atoms. The molecule has 1 aromatic carbocycles. The third-order valence-corrected chi connectivity index (χ3v) is 6.18. The zero-order valence-electron chi connectivity index (χ0n) is 9.20. The van der Waals surface area contributed by atoms with Crippen molar-refractivity contribution in [3.63, 3.8) is 0 Å². The van der Waals surface area contributed by atoms with Crippen LogP contribution in [-0.2, 0) is 10.8 Å². The van der Waals surface area contributed by atoms with E-state index in [4.69, 9.17) is 0 Å². The van der Waals surface area contributed by atoms with Gasteiger partial charge in [-0.3, -0.25) is 4.21 Å². The smallest absolute Gasteiger partial charge is 0.160 e. The van der Waals surface area contributed by atoms with E-state index in [-0.39, 0.29) is 4.90 Å². The van der Waals surface area contributed by atoms with Crippen LogP contribution >= 0.6 is 11.8 Å². The van der Waals surface area contributed by atoms with Crippen LogP contribution in [0.15, 0.2) is 45.7 Å². The summed E-state index contributed by atoms with van der Waals surface area (Å²) in [5, 5.41) is -1.36. The molecule has 3 atom stereocenters. The maximum Gasteiger partial charge on any atom is 0.160 e. The van der Waals surface area contributed by atoms with E-state index in [1.807, 2.05) is 0 Å². The number of rotatable bonds is 0. The van der Waals surface area contributed by atoms with E-state index in [0.29, 0.717) is 4.90 Å². The van der Waals surface area contributed by atoms with E-state index >= 15 is 0 Å². The second-order valence-electron chi connectivity index (χ2n) is 4.09. The molecule has 100 valence electrons. The average Bonchev–Trinajstić information content (AvgIpc) is 2.35. The van der Waals surface area contributed by atoms with Gasteiger partial charge in [-0.05, 0) is 24.3 Å². The van der Waals surface area contributed by atoms with Gasteiger partial charge >= 0.3 is 0 Å². The summed E-state index contributed by atoms with van der Waals surface area (Å²) in [4.78, 5) is 0.406. The Bertz CT molecular complexity index is 653. The van der Waals surface area contributed by atoms with Crippen molar-refractivity contribution in [1.82, 2.24) is 0 Å². The molecule has 1 heterocycles. The quantitative estimate of drug-likeness (QED) is 0.681. The lowest BCUT2D eigenvalue weighted by Gasteiger charge is -2.30. The molecule has 1 aromatic rings. The predicted molar refractivity (Wildman–Crippen MR) is 64.6 cm³/mol. The fraction of sp³-hybridized carbons (Fsp3) is 0.167. The summed E-state index contributed by atoms with van der Waals surface area (Å²) in [5.41, 5.74) is 0. The lowest BCUT2D eigenvalue weighted by molar-refractivity contribution is 0.500. The van der Waals surface area contributed by atoms with E-state index < -0.39 is 44.6 Å². The highest BCUT2D eigenvalue weighted by Gasteiger charge is 2.37. The molecular formula is C12H6F4OS2. The Morgan fingerprint density at radius 1 is 1.00 bits per heavy atom. The first-order valence-electron chi connectivity index (χ1n) is 5.28. The predicted octanol–water partition coefficient (Wildman–Crippen LogP) is 3.64. The van der Waals surface area contributed by atoms with Crippen LogP contribution in [0.4, 0.5) is 17.6 Å². The molecule has 19 heavy (non-hydrogen) atoms. The Morgan fingerprint density at radius 3 is 2.37 bits per heavy atom. The maximum atomic E-state index is 13.2. The van der Waals surface area contributed by atoms with Crippen LogP contribution in [0.1, 0.15) is 0 Å². The van der Waals surface area contributed by atoms with Gasteiger partial charge < -0.3 is 0 Å². The topological polar surface area (TPSA) is 17.1 Å². The molecule has 1 aliphatic carbocycles.